The highest BCUT2D eigenvalue weighted by Crippen LogP contribution is 2.31. The van der Waals surface area contributed by atoms with Crippen molar-refractivity contribution >= 4 is 16.9 Å². The Morgan fingerprint density at radius 2 is 2.10 bits per heavy atom. The molecule has 6 heteroatoms. The van der Waals surface area contributed by atoms with Crippen molar-refractivity contribution < 1.29 is 13.9 Å². The zero-order valence-electron chi connectivity index (χ0n) is 12.0. The lowest BCUT2D eigenvalue weighted by Gasteiger charge is -2.15. The molecule has 0 bridgehead atoms. The molecule has 0 spiro atoms. The summed E-state index contributed by atoms with van der Waals surface area (Å²) in [6.45, 7) is 3.51. The van der Waals surface area contributed by atoms with Gasteiger partial charge in [0.15, 0.2) is 0 Å². The van der Waals surface area contributed by atoms with E-state index in [0.29, 0.717) is 17.5 Å². The van der Waals surface area contributed by atoms with Gasteiger partial charge in [-0.05, 0) is 19.1 Å². The average Bonchev–Trinajstić information content (AvgIpc) is 3.08. The first-order chi connectivity index (χ1) is 10.1. The molecule has 1 atom stereocenters. The molecule has 0 fully saturated rings. The molecule has 0 aliphatic rings. The number of ether oxygens (including phenoxy) is 1. The quantitative estimate of drug-likeness (QED) is 0.692. The number of nitrogens with zero attached hydrogens (tertiary/aromatic N) is 3. The SMILES string of the molecule is COC(=O)C(C)n1c(-c2nnc(C)o2)cc2ccccc21. The second kappa shape index (κ2) is 5.05. The molecule has 0 N–H and O–H groups in total. The predicted molar refractivity (Wildman–Crippen MR) is 76.7 cm³/mol. The molecule has 0 amide bonds. The smallest absolute Gasteiger partial charge is 0.328 e. The molecule has 0 saturated heterocycles. The highest BCUT2D eigenvalue weighted by atomic mass is 16.5. The van der Waals surface area contributed by atoms with Gasteiger partial charge in [-0.2, -0.15) is 0 Å². The maximum absolute atomic E-state index is 11.9. The van der Waals surface area contributed by atoms with Crippen LogP contribution in [0.1, 0.15) is 18.9 Å². The van der Waals surface area contributed by atoms with Gasteiger partial charge in [0, 0.05) is 17.8 Å². The van der Waals surface area contributed by atoms with Crippen LogP contribution in [0.3, 0.4) is 0 Å². The Morgan fingerprint density at radius 1 is 1.33 bits per heavy atom. The summed E-state index contributed by atoms with van der Waals surface area (Å²) in [7, 11) is 1.38. The van der Waals surface area contributed by atoms with Gasteiger partial charge in [0.05, 0.1) is 7.11 Å². The fourth-order valence-electron chi connectivity index (χ4n) is 2.43. The zero-order valence-corrected chi connectivity index (χ0v) is 12.0. The van der Waals surface area contributed by atoms with Crippen LogP contribution in [0.15, 0.2) is 34.7 Å². The number of benzene rings is 1. The van der Waals surface area contributed by atoms with Crippen molar-refractivity contribution in [2.75, 3.05) is 7.11 Å². The number of aromatic nitrogens is 3. The molecule has 2 heterocycles. The number of esters is 1. The Kier molecular flexibility index (Phi) is 3.21. The third-order valence-corrected chi connectivity index (χ3v) is 3.42. The number of carbonyl (C=O) groups is 1. The first-order valence-corrected chi connectivity index (χ1v) is 6.60. The Bertz CT molecular complexity index is 803. The van der Waals surface area contributed by atoms with Crippen molar-refractivity contribution in [2.24, 2.45) is 0 Å². The van der Waals surface area contributed by atoms with Crippen molar-refractivity contribution in [1.82, 2.24) is 14.8 Å². The third-order valence-electron chi connectivity index (χ3n) is 3.42. The van der Waals surface area contributed by atoms with E-state index in [2.05, 4.69) is 10.2 Å². The highest BCUT2D eigenvalue weighted by Gasteiger charge is 2.23. The second-order valence-corrected chi connectivity index (χ2v) is 4.78. The minimum Gasteiger partial charge on any atom is -0.467 e. The first-order valence-electron chi connectivity index (χ1n) is 6.60. The molecule has 1 aromatic carbocycles. The normalized spacial score (nSPS) is 12.5. The van der Waals surface area contributed by atoms with Crippen molar-refractivity contribution in [1.29, 1.82) is 0 Å². The van der Waals surface area contributed by atoms with Crippen LogP contribution < -0.4 is 0 Å². The van der Waals surface area contributed by atoms with Crippen molar-refractivity contribution in [3.05, 3.63) is 36.2 Å². The molecule has 0 saturated carbocycles. The van der Waals surface area contributed by atoms with E-state index in [0.717, 1.165) is 10.9 Å². The second-order valence-electron chi connectivity index (χ2n) is 4.78. The standard InChI is InChI=1S/C15H15N3O3/c1-9(15(19)20-3)18-12-7-5-4-6-11(12)8-13(18)14-17-16-10(2)21-14/h4-9H,1-3H3. The van der Waals surface area contributed by atoms with Gasteiger partial charge < -0.3 is 13.7 Å². The number of hydrogen-bond donors (Lipinski definition) is 0. The van der Waals surface area contributed by atoms with E-state index in [4.69, 9.17) is 9.15 Å². The number of fused-ring (bicyclic) bond motifs is 1. The number of aryl methyl sites for hydroxylation is 1. The Hall–Kier alpha value is -2.63. The molecule has 108 valence electrons. The van der Waals surface area contributed by atoms with E-state index >= 15 is 0 Å². The summed E-state index contributed by atoms with van der Waals surface area (Å²) >= 11 is 0. The van der Waals surface area contributed by atoms with Gasteiger partial charge in [-0.25, -0.2) is 4.79 Å². The molecule has 2 aromatic heterocycles. The summed E-state index contributed by atoms with van der Waals surface area (Å²) in [5.41, 5.74) is 1.62. The van der Waals surface area contributed by atoms with E-state index in [1.807, 2.05) is 34.9 Å². The fraction of sp³-hybridized carbons (Fsp3) is 0.267. The van der Waals surface area contributed by atoms with Gasteiger partial charge in [-0.15, -0.1) is 10.2 Å². The lowest BCUT2D eigenvalue weighted by molar-refractivity contribution is -0.143. The number of carbonyl (C=O) groups excluding carboxylic acids is 1. The summed E-state index contributed by atoms with van der Waals surface area (Å²) in [5, 5.41) is 8.90. The van der Waals surface area contributed by atoms with Crippen molar-refractivity contribution in [3.8, 4) is 11.6 Å². The maximum Gasteiger partial charge on any atom is 0.328 e. The summed E-state index contributed by atoms with van der Waals surface area (Å²) in [5.74, 6) is 0.542. The van der Waals surface area contributed by atoms with Crippen LogP contribution in [-0.4, -0.2) is 27.8 Å². The molecule has 0 radical (unpaired) electrons. The average molecular weight is 285 g/mol. The molecule has 6 nitrogen and oxygen atoms in total. The van der Waals surface area contributed by atoms with Crippen molar-refractivity contribution in [3.63, 3.8) is 0 Å². The monoisotopic (exact) mass is 285 g/mol. The van der Waals surface area contributed by atoms with Crippen LogP contribution in [0.2, 0.25) is 0 Å². The predicted octanol–water partition coefficient (Wildman–Crippen LogP) is 2.73. The number of para-hydroxylation sites is 1. The van der Waals surface area contributed by atoms with E-state index in [9.17, 15) is 4.79 Å². The van der Waals surface area contributed by atoms with Crippen molar-refractivity contribution in [2.45, 2.75) is 19.9 Å². The van der Waals surface area contributed by atoms with E-state index in [1.165, 1.54) is 7.11 Å². The number of methoxy groups -OCH3 is 1. The van der Waals surface area contributed by atoms with E-state index in [1.54, 1.807) is 13.8 Å². The molecular weight excluding hydrogens is 270 g/mol. The maximum atomic E-state index is 11.9. The van der Waals surface area contributed by atoms with E-state index < -0.39 is 6.04 Å². The fourth-order valence-corrected chi connectivity index (χ4v) is 2.43. The Morgan fingerprint density at radius 3 is 2.76 bits per heavy atom. The lowest BCUT2D eigenvalue weighted by Crippen LogP contribution is -2.18. The van der Waals surface area contributed by atoms with Gasteiger partial charge in [0.1, 0.15) is 11.7 Å². The summed E-state index contributed by atoms with van der Waals surface area (Å²) < 4.78 is 12.2. The minimum atomic E-state index is -0.489. The summed E-state index contributed by atoms with van der Waals surface area (Å²) in [4.78, 5) is 11.9. The van der Waals surface area contributed by atoms with Crippen LogP contribution in [0, 0.1) is 6.92 Å². The van der Waals surface area contributed by atoms with Gasteiger partial charge in [0.2, 0.25) is 5.89 Å². The molecule has 3 rings (SSSR count). The minimum absolute atomic E-state index is 0.325. The molecule has 21 heavy (non-hydrogen) atoms. The van der Waals surface area contributed by atoms with Crippen LogP contribution >= 0.6 is 0 Å². The highest BCUT2D eigenvalue weighted by molar-refractivity contribution is 5.88. The first kappa shape index (κ1) is 13.4. The van der Waals surface area contributed by atoms with Gasteiger partial charge >= 0.3 is 5.97 Å². The van der Waals surface area contributed by atoms with Gasteiger partial charge in [-0.3, -0.25) is 0 Å². The van der Waals surface area contributed by atoms with Gasteiger partial charge in [0.25, 0.3) is 5.89 Å². The number of hydrogen-bond acceptors (Lipinski definition) is 5. The molecule has 3 aromatic rings. The molecule has 0 aliphatic carbocycles. The van der Waals surface area contributed by atoms with Crippen LogP contribution in [0.5, 0.6) is 0 Å². The Labute approximate surface area is 121 Å². The Balaban J connectivity index is 2.26. The third kappa shape index (κ3) is 2.18. The molecular formula is C15H15N3O3. The topological polar surface area (TPSA) is 70.2 Å². The zero-order chi connectivity index (χ0) is 15.0. The van der Waals surface area contributed by atoms with Gasteiger partial charge in [-0.1, -0.05) is 18.2 Å². The van der Waals surface area contributed by atoms with E-state index in [-0.39, 0.29) is 5.97 Å². The molecule has 0 aliphatic heterocycles. The summed E-state index contributed by atoms with van der Waals surface area (Å²) in [6, 6.07) is 9.23. The van der Waals surface area contributed by atoms with Crippen LogP contribution in [0.4, 0.5) is 0 Å². The largest absolute Gasteiger partial charge is 0.467 e. The number of rotatable bonds is 3. The molecule has 1 unspecified atom stereocenters. The van der Waals surface area contributed by atoms with Crippen LogP contribution in [0.25, 0.3) is 22.5 Å². The lowest BCUT2D eigenvalue weighted by atomic mass is 10.2. The van der Waals surface area contributed by atoms with Crippen LogP contribution in [-0.2, 0) is 9.53 Å². The summed E-state index contributed by atoms with van der Waals surface area (Å²) in [6.07, 6.45) is 0.